The van der Waals surface area contributed by atoms with Crippen molar-refractivity contribution in [3.05, 3.63) is 77.2 Å². The first kappa shape index (κ1) is 41.2. The van der Waals surface area contributed by atoms with E-state index in [2.05, 4.69) is 52.4 Å². The van der Waals surface area contributed by atoms with Crippen molar-refractivity contribution in [2.24, 2.45) is 5.92 Å². The second-order valence-corrected chi connectivity index (χ2v) is 17.5. The topological polar surface area (TPSA) is 148 Å². The molecule has 3 N–H and O–H groups in total. The number of nitrogens with one attached hydrogen (secondary N) is 3. The number of benzene rings is 2. The molecule has 2 aromatic carbocycles. The Labute approximate surface area is 354 Å². The normalized spacial score (nSPS) is 24.4. The molecule has 61 heavy (non-hydrogen) atoms. The predicted octanol–water partition coefficient (Wildman–Crippen LogP) is 4.67. The van der Waals surface area contributed by atoms with Crippen molar-refractivity contribution >= 4 is 40.3 Å². The Bertz CT molecular complexity index is 2220. The van der Waals surface area contributed by atoms with Crippen LogP contribution < -0.4 is 25.2 Å². The Morgan fingerprint density at radius 1 is 0.967 bits per heavy atom. The lowest BCUT2D eigenvalue weighted by molar-refractivity contribution is -0.132. The van der Waals surface area contributed by atoms with Gasteiger partial charge in [0.1, 0.15) is 12.4 Å². The SMILES string of the molecule is CC1Cc2c([nH]c3ccccc23)CN1CC(F)F.O=C1CCCC(=O)N1.O=C1NCc2cc3c(cc21)OCC1CN(CC2COC4(CCN(c5ncccn5)CC4)C2)CCN31. The summed E-state index contributed by atoms with van der Waals surface area (Å²) in [6, 6.07) is 14.6. The summed E-state index contributed by atoms with van der Waals surface area (Å²) < 4.78 is 37.6. The fraction of sp³-hybridized carbons (Fsp3) is 0.533. The van der Waals surface area contributed by atoms with Gasteiger partial charge >= 0.3 is 0 Å². The Kier molecular flexibility index (Phi) is 11.9. The Morgan fingerprint density at radius 2 is 1.75 bits per heavy atom. The number of piperidine rings is 2. The van der Waals surface area contributed by atoms with Crippen LogP contribution in [0.4, 0.5) is 20.4 Å². The van der Waals surface area contributed by atoms with Crippen LogP contribution in [0.15, 0.2) is 54.9 Å². The number of piperazine rings is 1. The van der Waals surface area contributed by atoms with Crippen LogP contribution in [0.2, 0.25) is 0 Å². The van der Waals surface area contributed by atoms with Crippen LogP contribution in [0.3, 0.4) is 0 Å². The second-order valence-electron chi connectivity index (χ2n) is 17.5. The van der Waals surface area contributed by atoms with E-state index in [0.29, 0.717) is 50.9 Å². The van der Waals surface area contributed by atoms with Gasteiger partial charge in [0.05, 0.1) is 30.5 Å². The highest BCUT2D eigenvalue weighted by Gasteiger charge is 2.44. The van der Waals surface area contributed by atoms with Crippen LogP contribution in [0, 0.1) is 5.92 Å². The first-order chi connectivity index (χ1) is 29.6. The number of hydrogen-bond acceptors (Lipinski definition) is 11. The van der Waals surface area contributed by atoms with Gasteiger partial charge in [-0.2, -0.15) is 0 Å². The van der Waals surface area contributed by atoms with E-state index in [0.717, 1.165) is 111 Å². The lowest BCUT2D eigenvalue weighted by atomic mass is 9.85. The molecular weight excluding hydrogens is 785 g/mol. The van der Waals surface area contributed by atoms with Crippen molar-refractivity contribution in [1.82, 2.24) is 35.4 Å². The van der Waals surface area contributed by atoms with Crippen molar-refractivity contribution in [2.45, 2.75) is 89.1 Å². The zero-order valence-electron chi connectivity index (χ0n) is 34.7. The summed E-state index contributed by atoms with van der Waals surface area (Å²) in [6.45, 7) is 10.7. The average molecular weight is 840 g/mol. The molecule has 3 atom stereocenters. The van der Waals surface area contributed by atoms with E-state index in [1.54, 1.807) is 0 Å². The molecule has 0 saturated carbocycles. The number of fused-ring (bicyclic) bond motifs is 7. The van der Waals surface area contributed by atoms with Gasteiger partial charge in [0.15, 0.2) is 0 Å². The molecule has 3 unspecified atom stereocenters. The predicted molar refractivity (Wildman–Crippen MR) is 226 cm³/mol. The van der Waals surface area contributed by atoms with Crippen molar-refractivity contribution in [2.75, 3.05) is 68.8 Å². The van der Waals surface area contributed by atoms with Gasteiger partial charge in [-0.25, -0.2) is 18.7 Å². The zero-order valence-corrected chi connectivity index (χ0v) is 34.7. The van der Waals surface area contributed by atoms with E-state index in [9.17, 15) is 23.2 Å². The largest absolute Gasteiger partial charge is 0.489 e. The van der Waals surface area contributed by atoms with Crippen LogP contribution in [-0.2, 0) is 33.8 Å². The maximum atomic E-state index is 12.5. The second kappa shape index (κ2) is 17.7. The summed E-state index contributed by atoms with van der Waals surface area (Å²) in [5.41, 5.74) is 6.51. The molecule has 4 fully saturated rings. The summed E-state index contributed by atoms with van der Waals surface area (Å²) in [7, 11) is 0. The number of carbonyl (C=O) groups is 3. The highest BCUT2D eigenvalue weighted by molar-refractivity contribution is 5.99. The number of nitrogens with zero attached hydrogens (tertiary/aromatic N) is 6. The van der Waals surface area contributed by atoms with Crippen molar-refractivity contribution in [3.63, 3.8) is 0 Å². The number of alkyl halides is 2. The van der Waals surface area contributed by atoms with Gasteiger partial charge < -0.3 is 29.6 Å². The molecule has 7 aliphatic rings. The maximum Gasteiger partial charge on any atom is 0.252 e. The Morgan fingerprint density at radius 3 is 2.51 bits per heavy atom. The number of anilines is 2. The molecule has 0 radical (unpaired) electrons. The van der Waals surface area contributed by atoms with Gasteiger partial charge in [0.2, 0.25) is 17.8 Å². The maximum absolute atomic E-state index is 12.5. The Hall–Kier alpha value is -5.19. The summed E-state index contributed by atoms with van der Waals surface area (Å²) in [5, 5.41) is 6.35. The fourth-order valence-electron chi connectivity index (χ4n) is 10.2. The monoisotopic (exact) mass is 839 g/mol. The van der Waals surface area contributed by atoms with Crippen molar-refractivity contribution in [1.29, 1.82) is 0 Å². The smallest absolute Gasteiger partial charge is 0.252 e. The zero-order chi connectivity index (χ0) is 42.1. The molecule has 14 nitrogen and oxygen atoms in total. The van der Waals surface area contributed by atoms with E-state index < -0.39 is 6.43 Å². The summed E-state index contributed by atoms with van der Waals surface area (Å²) in [4.78, 5) is 54.1. The first-order valence-corrected chi connectivity index (χ1v) is 21.8. The standard InChI is InChI=1S/C26H32N6O3.C14H16F2N2.C5H7NO2/c33-24-21-11-23-22(10-19(21)13-29-24)32-9-8-30(15-20(32)17-34-23)14-18-12-26(35-16-18)2-6-31(7-3-26)25-27-4-1-5-28-25;1-9-6-11-10-4-2-3-5-12(10)17-13(11)7-18(9)8-14(15)16;7-4-2-1-3-5(8)6-4/h1,4-5,10-11,18,20H,2-3,6-9,12-17H2,(H,29,33);2-5,9,14,17H,6-8H2,1H3;1-3H2,(H,6,7,8). The Balaban J connectivity index is 0.000000151. The minimum atomic E-state index is -2.27. The van der Waals surface area contributed by atoms with E-state index >= 15 is 0 Å². The van der Waals surface area contributed by atoms with Crippen LogP contribution in [-0.4, -0.2) is 126 Å². The summed E-state index contributed by atoms with van der Waals surface area (Å²) in [6.07, 6.45) is 7.17. The number of halogens is 2. The molecule has 16 heteroatoms. The molecule has 0 bridgehead atoms. The van der Waals surface area contributed by atoms with Crippen molar-refractivity contribution in [3.8, 4) is 5.75 Å². The number of hydrogen-bond donors (Lipinski definition) is 3. The number of rotatable bonds is 5. The number of aromatic nitrogens is 3. The summed E-state index contributed by atoms with van der Waals surface area (Å²) in [5.74, 6) is 2.00. The fourth-order valence-corrected chi connectivity index (χ4v) is 10.2. The first-order valence-electron chi connectivity index (χ1n) is 21.8. The molecule has 1 spiro atoms. The van der Waals surface area contributed by atoms with Gasteiger partial charge in [-0.05, 0) is 80.3 Å². The summed E-state index contributed by atoms with van der Waals surface area (Å²) >= 11 is 0. The molecule has 0 aliphatic carbocycles. The van der Waals surface area contributed by atoms with Crippen LogP contribution in [0.1, 0.15) is 72.6 Å². The molecule has 7 aliphatic heterocycles. The van der Waals surface area contributed by atoms with Gasteiger partial charge in [-0.15, -0.1) is 0 Å². The lowest BCUT2D eigenvalue weighted by Crippen LogP contribution is -2.58. The van der Waals surface area contributed by atoms with E-state index in [4.69, 9.17) is 9.47 Å². The van der Waals surface area contributed by atoms with Crippen LogP contribution >= 0.6 is 0 Å². The molecule has 2 aromatic heterocycles. The highest BCUT2D eigenvalue weighted by Crippen LogP contribution is 2.41. The lowest BCUT2D eigenvalue weighted by Gasteiger charge is -2.46. The number of ether oxygens (including phenoxy) is 2. The van der Waals surface area contributed by atoms with Gasteiger partial charge in [-0.3, -0.25) is 29.5 Å². The third kappa shape index (κ3) is 9.07. The molecule has 324 valence electrons. The number of amides is 3. The molecule has 4 saturated heterocycles. The number of para-hydroxylation sites is 1. The van der Waals surface area contributed by atoms with Crippen molar-refractivity contribution < 1.29 is 32.6 Å². The van der Waals surface area contributed by atoms with E-state index in [1.165, 1.54) is 10.9 Å². The molecular formula is C45H55F2N9O5. The molecule has 4 aromatic rings. The minimum absolute atomic E-state index is 0.00831. The van der Waals surface area contributed by atoms with Crippen LogP contribution in [0.25, 0.3) is 10.9 Å². The average Bonchev–Trinajstić information content (AvgIpc) is 3.95. The number of imide groups is 1. The van der Waals surface area contributed by atoms with Gasteiger partial charge in [-0.1, -0.05) is 18.2 Å². The van der Waals surface area contributed by atoms with Gasteiger partial charge in [0.25, 0.3) is 12.3 Å². The van der Waals surface area contributed by atoms with E-state index in [-0.39, 0.29) is 35.9 Å². The quantitative estimate of drug-likeness (QED) is 0.241. The minimum Gasteiger partial charge on any atom is -0.489 e. The van der Waals surface area contributed by atoms with Gasteiger partial charge in [0, 0.05) is 106 Å². The molecule has 3 amide bonds. The molecule has 11 rings (SSSR count). The number of carbonyl (C=O) groups excluding carboxylic acids is 3. The van der Waals surface area contributed by atoms with Crippen LogP contribution in [0.5, 0.6) is 5.75 Å². The third-order valence-electron chi connectivity index (χ3n) is 13.3. The van der Waals surface area contributed by atoms with E-state index in [1.807, 2.05) is 54.5 Å². The molecule has 9 heterocycles. The number of aromatic amines is 1. The highest BCUT2D eigenvalue weighted by atomic mass is 19.3. The number of H-pyrrole nitrogens is 1. The third-order valence-corrected chi connectivity index (χ3v) is 13.3.